The van der Waals surface area contributed by atoms with E-state index in [0.29, 0.717) is 22.7 Å². The Morgan fingerprint density at radius 3 is 2.36 bits per heavy atom. The maximum atomic E-state index is 12.1. The number of thiazole rings is 1. The number of nitrogens with one attached hydrogen (secondary N) is 3. The first-order valence-electron chi connectivity index (χ1n) is 6.23. The molecule has 0 aliphatic heterocycles. The van der Waals surface area contributed by atoms with Gasteiger partial charge in [0.15, 0.2) is 0 Å². The lowest BCUT2D eigenvalue weighted by Crippen LogP contribution is -2.12. The maximum Gasteiger partial charge on any atom is 0.272 e. The van der Waals surface area contributed by atoms with Crippen molar-refractivity contribution in [2.45, 2.75) is 14.4 Å². The fraction of sp³-hybridized carbons (Fsp3) is 0.133. The van der Waals surface area contributed by atoms with Crippen LogP contribution in [0, 0.1) is 0 Å². The first-order valence-corrected chi connectivity index (χ1v) is 7.11. The first kappa shape index (κ1) is 15.7. The molecule has 0 unspecified atom stereocenters. The smallest absolute Gasteiger partial charge is 0.272 e. The van der Waals surface area contributed by atoms with E-state index in [9.17, 15) is 9.59 Å². The molecule has 3 rings (SSSR count). The van der Waals surface area contributed by atoms with Crippen LogP contribution < -0.4 is 10.6 Å². The van der Waals surface area contributed by atoms with E-state index in [1.165, 1.54) is 18.3 Å². The topological polar surface area (TPSA) is 86.9 Å². The van der Waals surface area contributed by atoms with Gasteiger partial charge in [0.2, 0.25) is 5.91 Å². The van der Waals surface area contributed by atoms with Crippen molar-refractivity contribution in [1.82, 2.24) is 9.97 Å². The van der Waals surface area contributed by atoms with Crippen LogP contribution in [0.25, 0.3) is 10.3 Å². The minimum absolute atomic E-state index is 0. The summed E-state index contributed by atoms with van der Waals surface area (Å²) >= 11 is 1.48. The normalized spacial score (nSPS) is 10.0. The second kappa shape index (κ2) is 6.40. The lowest BCUT2D eigenvalue weighted by atomic mass is 10.2. The Morgan fingerprint density at radius 1 is 1.14 bits per heavy atom. The fourth-order valence-electron chi connectivity index (χ4n) is 1.91. The number of anilines is 2. The number of aromatic amines is 1. The molecule has 3 N–H and O–H groups in total. The molecule has 2 aromatic heterocycles. The highest BCUT2D eigenvalue weighted by molar-refractivity contribution is 7.16. The molecule has 0 saturated heterocycles. The Hall–Kier alpha value is -2.67. The predicted molar refractivity (Wildman–Crippen MR) is 89.4 cm³/mol. The SMILES string of the molecule is C.CC(=O)Nc1ccc(NC(=O)c2cc3scnc3[nH]2)cc1. The van der Waals surface area contributed by atoms with Gasteiger partial charge in [-0.1, -0.05) is 7.43 Å². The molecule has 22 heavy (non-hydrogen) atoms. The zero-order valence-corrected chi connectivity index (χ0v) is 12.0. The Bertz CT molecular complexity index is 776. The molecule has 0 radical (unpaired) electrons. The largest absolute Gasteiger partial charge is 0.334 e. The minimum Gasteiger partial charge on any atom is -0.334 e. The molecular weight excluding hydrogens is 300 g/mol. The van der Waals surface area contributed by atoms with Crippen molar-refractivity contribution in [1.29, 1.82) is 0 Å². The molecule has 0 bridgehead atoms. The van der Waals surface area contributed by atoms with Crippen molar-refractivity contribution in [3.8, 4) is 0 Å². The number of fused-ring (bicyclic) bond motifs is 1. The third-order valence-electron chi connectivity index (χ3n) is 2.83. The fourth-order valence-corrected chi connectivity index (χ4v) is 2.58. The Labute approximate surface area is 131 Å². The summed E-state index contributed by atoms with van der Waals surface area (Å²) in [7, 11) is 0. The molecule has 2 heterocycles. The summed E-state index contributed by atoms with van der Waals surface area (Å²) in [4.78, 5) is 30.1. The molecular formula is C15H16N4O2S. The van der Waals surface area contributed by atoms with Crippen LogP contribution in [0.15, 0.2) is 35.8 Å². The van der Waals surface area contributed by atoms with Crippen LogP contribution in [-0.2, 0) is 4.79 Å². The van der Waals surface area contributed by atoms with Gasteiger partial charge in [-0.3, -0.25) is 9.59 Å². The van der Waals surface area contributed by atoms with Crippen LogP contribution in [0.3, 0.4) is 0 Å². The van der Waals surface area contributed by atoms with Gasteiger partial charge in [0.1, 0.15) is 11.3 Å². The van der Waals surface area contributed by atoms with Crippen LogP contribution in [0.4, 0.5) is 11.4 Å². The zero-order chi connectivity index (χ0) is 14.8. The summed E-state index contributed by atoms with van der Waals surface area (Å²) in [6.45, 7) is 1.45. The summed E-state index contributed by atoms with van der Waals surface area (Å²) in [5.74, 6) is -0.363. The summed E-state index contributed by atoms with van der Waals surface area (Å²) in [5.41, 5.74) is 4.25. The number of hydrogen-bond donors (Lipinski definition) is 3. The highest BCUT2D eigenvalue weighted by Crippen LogP contribution is 2.20. The third-order valence-corrected chi connectivity index (χ3v) is 3.61. The van der Waals surface area contributed by atoms with E-state index in [0.717, 1.165) is 4.70 Å². The van der Waals surface area contributed by atoms with Crippen LogP contribution in [0.5, 0.6) is 0 Å². The molecule has 6 nitrogen and oxygen atoms in total. The van der Waals surface area contributed by atoms with Gasteiger partial charge in [-0.05, 0) is 30.3 Å². The van der Waals surface area contributed by atoms with Gasteiger partial charge >= 0.3 is 0 Å². The van der Waals surface area contributed by atoms with E-state index in [-0.39, 0.29) is 19.2 Å². The standard InChI is InChI=1S/C14H12N4O2S.CH4/c1-8(19)16-9-2-4-10(5-3-9)17-14(20)11-6-12-13(18-11)15-7-21-12;/h2-7,18H,1H3,(H,16,19)(H,17,20);1H4. The molecule has 2 amide bonds. The average molecular weight is 316 g/mol. The number of H-pyrrole nitrogens is 1. The van der Waals surface area contributed by atoms with E-state index >= 15 is 0 Å². The number of benzene rings is 1. The molecule has 7 heteroatoms. The number of carbonyl (C=O) groups is 2. The van der Waals surface area contributed by atoms with Gasteiger partial charge in [-0.2, -0.15) is 0 Å². The lowest BCUT2D eigenvalue weighted by molar-refractivity contribution is -0.114. The number of carbonyl (C=O) groups excluding carboxylic acids is 2. The van der Waals surface area contributed by atoms with E-state index in [4.69, 9.17) is 0 Å². The van der Waals surface area contributed by atoms with Crippen molar-refractivity contribution >= 4 is 44.9 Å². The Morgan fingerprint density at radius 2 is 1.77 bits per heavy atom. The highest BCUT2D eigenvalue weighted by atomic mass is 32.1. The molecule has 0 spiro atoms. The van der Waals surface area contributed by atoms with Crippen molar-refractivity contribution in [2.75, 3.05) is 10.6 Å². The van der Waals surface area contributed by atoms with E-state index in [1.807, 2.05) is 0 Å². The summed E-state index contributed by atoms with van der Waals surface area (Å²) in [5, 5.41) is 5.45. The Kier molecular flexibility index (Phi) is 4.57. The summed E-state index contributed by atoms with van der Waals surface area (Å²) in [6, 6.07) is 8.69. The van der Waals surface area contributed by atoms with E-state index in [1.54, 1.807) is 35.8 Å². The molecule has 0 fully saturated rings. The number of rotatable bonds is 3. The molecule has 0 saturated carbocycles. The van der Waals surface area contributed by atoms with Gasteiger partial charge in [0.05, 0.1) is 10.2 Å². The number of hydrogen-bond acceptors (Lipinski definition) is 4. The minimum atomic E-state index is -0.229. The molecule has 3 aromatic rings. The maximum absolute atomic E-state index is 12.1. The van der Waals surface area contributed by atoms with Gasteiger partial charge < -0.3 is 15.6 Å². The van der Waals surface area contributed by atoms with Crippen molar-refractivity contribution in [3.63, 3.8) is 0 Å². The third kappa shape index (κ3) is 3.32. The van der Waals surface area contributed by atoms with Crippen molar-refractivity contribution in [3.05, 3.63) is 41.5 Å². The predicted octanol–water partition coefficient (Wildman–Crippen LogP) is 3.47. The van der Waals surface area contributed by atoms with Crippen LogP contribution in [-0.4, -0.2) is 21.8 Å². The van der Waals surface area contributed by atoms with Gasteiger partial charge in [-0.15, -0.1) is 11.3 Å². The number of amides is 2. The highest BCUT2D eigenvalue weighted by Gasteiger charge is 2.11. The van der Waals surface area contributed by atoms with Gasteiger partial charge in [0.25, 0.3) is 5.91 Å². The molecule has 0 atom stereocenters. The van der Waals surface area contributed by atoms with E-state index in [2.05, 4.69) is 20.6 Å². The van der Waals surface area contributed by atoms with Crippen molar-refractivity contribution < 1.29 is 9.59 Å². The molecule has 0 aliphatic rings. The van der Waals surface area contributed by atoms with Gasteiger partial charge in [-0.25, -0.2) is 4.98 Å². The van der Waals surface area contributed by atoms with Gasteiger partial charge in [0, 0.05) is 18.3 Å². The molecule has 114 valence electrons. The van der Waals surface area contributed by atoms with Crippen LogP contribution in [0.2, 0.25) is 0 Å². The second-order valence-electron chi connectivity index (χ2n) is 4.46. The van der Waals surface area contributed by atoms with Crippen LogP contribution >= 0.6 is 11.3 Å². The Balaban J connectivity index is 0.00000176. The average Bonchev–Trinajstić information content (AvgIpc) is 3.01. The second-order valence-corrected chi connectivity index (χ2v) is 5.35. The van der Waals surface area contributed by atoms with Crippen molar-refractivity contribution in [2.24, 2.45) is 0 Å². The van der Waals surface area contributed by atoms with E-state index < -0.39 is 0 Å². The number of nitrogens with zero attached hydrogens (tertiary/aromatic N) is 1. The molecule has 1 aromatic carbocycles. The zero-order valence-electron chi connectivity index (χ0n) is 11.1. The lowest BCUT2D eigenvalue weighted by Gasteiger charge is -2.06. The first-order chi connectivity index (χ1) is 10.1. The summed E-state index contributed by atoms with van der Waals surface area (Å²) < 4.78 is 0.946. The molecule has 0 aliphatic carbocycles. The number of aromatic nitrogens is 2. The summed E-state index contributed by atoms with van der Waals surface area (Å²) in [6.07, 6.45) is 0. The quantitative estimate of drug-likeness (QED) is 0.691. The monoisotopic (exact) mass is 316 g/mol. The van der Waals surface area contributed by atoms with Crippen LogP contribution in [0.1, 0.15) is 24.8 Å².